The smallest absolute Gasteiger partial charge is 0.0634 e. The van der Waals surface area contributed by atoms with Crippen LogP contribution < -0.4 is 9.80 Å². The lowest BCUT2D eigenvalue weighted by molar-refractivity contribution is 1.19. The van der Waals surface area contributed by atoms with E-state index in [9.17, 15) is 0 Å². The van der Waals surface area contributed by atoms with Crippen molar-refractivity contribution in [3.63, 3.8) is 0 Å². The summed E-state index contributed by atoms with van der Waals surface area (Å²) in [5, 5.41) is 9.99. The van der Waals surface area contributed by atoms with Crippen molar-refractivity contribution in [2.24, 2.45) is 0 Å². The van der Waals surface area contributed by atoms with Crippen LogP contribution in [0.5, 0.6) is 0 Å². The zero-order valence-electron chi connectivity index (χ0n) is 49.1. The molecule has 0 radical (unpaired) electrons. The zero-order chi connectivity index (χ0) is 56.3. The molecule has 15 rings (SSSR count). The van der Waals surface area contributed by atoms with Gasteiger partial charge in [0.2, 0.25) is 0 Å². The van der Waals surface area contributed by atoms with E-state index in [0.29, 0.717) is 0 Å². The summed E-state index contributed by atoms with van der Waals surface area (Å²) in [6.45, 7) is 27.0. The standard InChI is InChI=1S/C78H66N4/c1-43-35-57(36-44(2)51(43)9)79(58-37-45(3)52(10)46(4)38-58)65-31-21-33-67-71(65)61-27-19-29-63-73-70(56-25-17-14-18-26-56)78-74(69(55-23-15-13-16-24-55)77(73)81(67)75(61)63)64-30-20-28-62-72-66(32-22-34-68(72)82(78)76(62)64)80(59-39-47(5)53(11)48(6)40-59)60-41-49(7)54(12)50(8)42-60/h13-42H,1-12H3. The minimum atomic E-state index is 1.17. The highest BCUT2D eigenvalue weighted by Crippen LogP contribution is 2.56. The molecule has 4 heterocycles. The molecule has 4 aromatic heterocycles. The largest absolute Gasteiger partial charge is 0.310 e. The van der Waals surface area contributed by atoms with Gasteiger partial charge in [-0.15, -0.1) is 0 Å². The van der Waals surface area contributed by atoms with Gasteiger partial charge in [0.05, 0.1) is 44.5 Å². The number of benzene rings is 11. The Hall–Kier alpha value is -9.38. The van der Waals surface area contributed by atoms with E-state index >= 15 is 0 Å². The van der Waals surface area contributed by atoms with Crippen molar-refractivity contribution in [3.8, 4) is 22.3 Å². The van der Waals surface area contributed by atoms with Crippen LogP contribution in [0.2, 0.25) is 0 Å². The number of anilines is 6. The number of nitrogens with zero attached hydrogens (tertiary/aromatic N) is 4. The Bertz CT molecular complexity index is 4630. The van der Waals surface area contributed by atoms with Crippen molar-refractivity contribution in [2.75, 3.05) is 9.80 Å². The van der Waals surface area contributed by atoms with E-state index in [1.165, 1.54) is 199 Å². The van der Waals surface area contributed by atoms with Crippen LogP contribution in [-0.4, -0.2) is 8.80 Å². The second-order valence-corrected chi connectivity index (χ2v) is 23.8. The topological polar surface area (TPSA) is 15.3 Å². The van der Waals surface area contributed by atoms with Crippen LogP contribution in [0, 0.1) is 83.1 Å². The lowest BCUT2D eigenvalue weighted by Crippen LogP contribution is -2.12. The van der Waals surface area contributed by atoms with Crippen LogP contribution in [0.15, 0.2) is 182 Å². The molecule has 0 aliphatic carbocycles. The summed E-state index contributed by atoms with van der Waals surface area (Å²) in [5.41, 5.74) is 34.8. The fourth-order valence-electron chi connectivity index (χ4n) is 14.3. The fraction of sp³-hybridized carbons (Fsp3) is 0.154. The summed E-state index contributed by atoms with van der Waals surface area (Å²) in [5.74, 6) is 0. The highest BCUT2D eigenvalue weighted by atomic mass is 15.2. The second kappa shape index (κ2) is 18.1. The van der Waals surface area contributed by atoms with Gasteiger partial charge in [0.15, 0.2) is 0 Å². The maximum atomic E-state index is 2.66. The molecule has 11 aromatic carbocycles. The highest BCUT2D eigenvalue weighted by molar-refractivity contribution is 6.39. The average molecular weight is 1060 g/mol. The summed E-state index contributed by atoms with van der Waals surface area (Å²) in [6.07, 6.45) is 0. The van der Waals surface area contributed by atoms with E-state index in [2.05, 4.69) is 284 Å². The first-order chi connectivity index (χ1) is 39.7. The van der Waals surface area contributed by atoms with Crippen molar-refractivity contribution < 1.29 is 0 Å². The van der Waals surface area contributed by atoms with Gasteiger partial charge in [0, 0.05) is 77.0 Å². The van der Waals surface area contributed by atoms with E-state index in [-0.39, 0.29) is 0 Å². The number of rotatable bonds is 8. The molecule has 4 nitrogen and oxygen atoms in total. The number of aromatic nitrogens is 2. The Balaban J connectivity index is 1.13. The van der Waals surface area contributed by atoms with Gasteiger partial charge in [-0.25, -0.2) is 0 Å². The SMILES string of the molecule is Cc1cc(N(c2cc(C)c(C)c(C)c2)c2cccc3c2c2cccc4c5c(-c6ccccc6)c6c(c(-c7ccccc7)c5n3c24)c2cccc3c4c(N(c5cc(C)c(C)c(C)c5)c5cc(C)c(C)c(C)c5)cccc4n6c32)cc(C)c1C. The van der Waals surface area contributed by atoms with Crippen LogP contribution in [0.1, 0.15) is 66.8 Å². The number of hydrogen-bond donors (Lipinski definition) is 0. The van der Waals surface area contributed by atoms with Crippen LogP contribution >= 0.6 is 0 Å². The molecule has 0 unspecified atom stereocenters. The van der Waals surface area contributed by atoms with Crippen LogP contribution in [0.3, 0.4) is 0 Å². The van der Waals surface area contributed by atoms with Gasteiger partial charge in [-0.2, -0.15) is 0 Å². The summed E-state index contributed by atoms with van der Waals surface area (Å²) < 4.78 is 5.31. The van der Waals surface area contributed by atoms with Gasteiger partial charge in [-0.05, 0) is 234 Å². The molecule has 82 heavy (non-hydrogen) atoms. The Morgan fingerprint density at radius 1 is 0.256 bits per heavy atom. The maximum absolute atomic E-state index is 2.66. The summed E-state index contributed by atoms with van der Waals surface area (Å²) >= 11 is 0. The fourth-order valence-corrected chi connectivity index (χ4v) is 14.3. The minimum Gasteiger partial charge on any atom is -0.310 e. The van der Waals surface area contributed by atoms with Crippen LogP contribution in [0.4, 0.5) is 34.1 Å². The molecule has 0 bridgehead atoms. The summed E-state index contributed by atoms with van der Waals surface area (Å²) in [4.78, 5) is 5.07. The Morgan fingerprint density at radius 3 is 0.817 bits per heavy atom. The van der Waals surface area contributed by atoms with Crippen molar-refractivity contribution in [1.82, 2.24) is 8.80 Å². The molecule has 0 aliphatic heterocycles. The molecule has 0 saturated heterocycles. The number of aryl methyl sites for hydroxylation is 8. The molecule has 15 aromatic rings. The highest BCUT2D eigenvalue weighted by Gasteiger charge is 2.33. The number of hydrogen-bond acceptors (Lipinski definition) is 2. The molecule has 0 saturated carbocycles. The first-order valence-electron chi connectivity index (χ1n) is 29.1. The minimum absolute atomic E-state index is 1.17. The normalized spacial score (nSPS) is 12.1. The van der Waals surface area contributed by atoms with Crippen molar-refractivity contribution in [3.05, 3.63) is 249 Å². The molecule has 398 valence electrons. The van der Waals surface area contributed by atoms with E-state index in [1.807, 2.05) is 0 Å². The van der Waals surface area contributed by atoms with Gasteiger partial charge >= 0.3 is 0 Å². The third-order valence-corrected chi connectivity index (χ3v) is 19.3. The van der Waals surface area contributed by atoms with Crippen molar-refractivity contribution in [1.29, 1.82) is 0 Å². The molecule has 0 amide bonds. The van der Waals surface area contributed by atoms with E-state index in [0.717, 1.165) is 0 Å². The van der Waals surface area contributed by atoms with E-state index in [4.69, 9.17) is 0 Å². The molecule has 4 heteroatoms. The monoisotopic (exact) mass is 1060 g/mol. The lowest BCUT2D eigenvalue weighted by Gasteiger charge is -2.29. The number of para-hydroxylation sites is 2. The molecule has 0 spiro atoms. The van der Waals surface area contributed by atoms with Gasteiger partial charge in [-0.1, -0.05) is 109 Å². The number of fused-ring (bicyclic) bond motifs is 12. The summed E-state index contributed by atoms with van der Waals surface area (Å²) in [6, 6.07) is 69.8. The van der Waals surface area contributed by atoms with Crippen molar-refractivity contribution in [2.45, 2.75) is 83.1 Å². The molecular formula is C78H66N4. The maximum Gasteiger partial charge on any atom is 0.0634 e. The predicted molar refractivity (Wildman–Crippen MR) is 353 cm³/mol. The third kappa shape index (κ3) is 6.91. The Labute approximate surface area is 480 Å². The van der Waals surface area contributed by atoms with Crippen LogP contribution in [0.25, 0.3) is 98.4 Å². The Kier molecular flexibility index (Phi) is 10.9. The summed E-state index contributed by atoms with van der Waals surface area (Å²) in [7, 11) is 0. The average Bonchev–Trinajstić information content (AvgIpc) is 2.65. The quantitative estimate of drug-likeness (QED) is 0.151. The third-order valence-electron chi connectivity index (χ3n) is 19.3. The van der Waals surface area contributed by atoms with E-state index in [1.54, 1.807) is 0 Å². The van der Waals surface area contributed by atoms with Crippen LogP contribution in [-0.2, 0) is 0 Å². The van der Waals surface area contributed by atoms with Gasteiger partial charge in [-0.3, -0.25) is 0 Å². The van der Waals surface area contributed by atoms with E-state index < -0.39 is 0 Å². The molecular weight excluding hydrogens is 993 g/mol. The van der Waals surface area contributed by atoms with Gasteiger partial charge in [0.1, 0.15) is 0 Å². The first-order valence-corrected chi connectivity index (χ1v) is 29.1. The second-order valence-electron chi connectivity index (χ2n) is 23.8. The molecule has 0 aliphatic rings. The van der Waals surface area contributed by atoms with Crippen molar-refractivity contribution >= 4 is 110 Å². The molecule has 0 N–H and O–H groups in total. The molecule has 0 atom stereocenters. The first kappa shape index (κ1) is 49.6. The zero-order valence-corrected chi connectivity index (χ0v) is 49.1. The lowest BCUT2D eigenvalue weighted by atomic mass is 9.89. The Morgan fingerprint density at radius 2 is 0.524 bits per heavy atom. The van der Waals surface area contributed by atoms with Gasteiger partial charge in [0.25, 0.3) is 0 Å². The molecule has 0 fully saturated rings. The predicted octanol–water partition coefficient (Wildman–Crippen LogP) is 22.0. The van der Waals surface area contributed by atoms with Gasteiger partial charge < -0.3 is 18.6 Å².